The average Bonchev–Trinajstić information content (AvgIpc) is 3.11. The zero-order chi connectivity index (χ0) is 22.2. The summed E-state index contributed by atoms with van der Waals surface area (Å²) in [6, 6.07) is 12.2. The number of carbonyl (C=O) groups excluding carboxylic acids is 2. The first-order valence-electron chi connectivity index (χ1n) is 11.9. The fraction of sp³-hybridized carbons (Fsp3) is 0.481. The number of aryl methyl sites for hydroxylation is 1. The van der Waals surface area contributed by atoms with E-state index < -0.39 is 0 Å². The number of anilines is 1. The lowest BCUT2D eigenvalue weighted by molar-refractivity contribution is -0.121. The first kappa shape index (κ1) is 21.0. The summed E-state index contributed by atoms with van der Waals surface area (Å²) in [4.78, 5) is 28.1. The number of fused-ring (bicyclic) bond motifs is 1. The summed E-state index contributed by atoms with van der Waals surface area (Å²) in [6.07, 6.45) is 7.19. The van der Waals surface area contributed by atoms with Crippen molar-refractivity contribution in [3.05, 3.63) is 58.7 Å². The first-order chi connectivity index (χ1) is 15.5. The third-order valence-electron chi connectivity index (χ3n) is 7.76. The van der Waals surface area contributed by atoms with Crippen molar-refractivity contribution in [2.45, 2.75) is 70.4 Å². The largest absolute Gasteiger partial charge is 0.496 e. The molecule has 32 heavy (non-hydrogen) atoms. The van der Waals surface area contributed by atoms with E-state index in [0.717, 1.165) is 54.8 Å². The minimum atomic E-state index is -0.0100. The van der Waals surface area contributed by atoms with E-state index in [1.54, 1.807) is 7.11 Å². The molecule has 2 aromatic carbocycles. The maximum Gasteiger partial charge on any atom is 0.254 e. The predicted molar refractivity (Wildman–Crippen MR) is 125 cm³/mol. The predicted octanol–water partition coefficient (Wildman–Crippen LogP) is 5.42. The summed E-state index contributed by atoms with van der Waals surface area (Å²) in [5.41, 5.74) is 5.38. The molecule has 1 heterocycles. The summed E-state index contributed by atoms with van der Waals surface area (Å²) >= 11 is 0. The molecule has 0 bridgehead atoms. The van der Waals surface area contributed by atoms with Crippen LogP contribution in [0.25, 0.3) is 0 Å². The molecule has 168 valence electrons. The van der Waals surface area contributed by atoms with E-state index in [-0.39, 0.29) is 23.8 Å². The van der Waals surface area contributed by atoms with Crippen LogP contribution >= 0.6 is 0 Å². The Kier molecular flexibility index (Phi) is 5.66. The van der Waals surface area contributed by atoms with Crippen LogP contribution in [0.5, 0.6) is 5.75 Å². The van der Waals surface area contributed by atoms with Gasteiger partial charge in [0.1, 0.15) is 5.75 Å². The van der Waals surface area contributed by atoms with Crippen LogP contribution in [0.3, 0.4) is 0 Å². The molecule has 5 rings (SSSR count). The van der Waals surface area contributed by atoms with E-state index in [9.17, 15) is 9.59 Å². The quantitative estimate of drug-likeness (QED) is 0.686. The Labute approximate surface area is 190 Å². The van der Waals surface area contributed by atoms with Gasteiger partial charge in [-0.1, -0.05) is 24.6 Å². The Morgan fingerprint density at radius 3 is 2.53 bits per heavy atom. The third-order valence-corrected chi connectivity index (χ3v) is 7.76. The minimum absolute atomic E-state index is 0.0100. The van der Waals surface area contributed by atoms with Gasteiger partial charge < -0.3 is 15.0 Å². The van der Waals surface area contributed by atoms with Gasteiger partial charge in [0.15, 0.2) is 0 Å². The van der Waals surface area contributed by atoms with Gasteiger partial charge in [0.05, 0.1) is 7.11 Å². The number of ether oxygens (including phenoxy) is 1. The number of nitrogens with zero attached hydrogens (tertiary/aromatic N) is 1. The molecular weight excluding hydrogens is 400 g/mol. The molecule has 2 aliphatic carbocycles. The molecule has 2 fully saturated rings. The fourth-order valence-corrected chi connectivity index (χ4v) is 5.57. The smallest absolute Gasteiger partial charge is 0.254 e. The van der Waals surface area contributed by atoms with Crippen molar-refractivity contribution < 1.29 is 14.3 Å². The second kappa shape index (κ2) is 8.61. The van der Waals surface area contributed by atoms with Gasteiger partial charge in [-0.3, -0.25) is 9.59 Å². The van der Waals surface area contributed by atoms with Gasteiger partial charge in [-0.25, -0.2) is 0 Å². The number of hydrogen-bond acceptors (Lipinski definition) is 3. The molecule has 5 nitrogen and oxygen atoms in total. The Bertz CT molecular complexity index is 1040. The first-order valence-corrected chi connectivity index (χ1v) is 11.9. The molecule has 2 amide bonds. The van der Waals surface area contributed by atoms with Crippen LogP contribution in [-0.2, 0) is 11.3 Å². The highest BCUT2D eigenvalue weighted by molar-refractivity contribution is 5.99. The number of amides is 2. The highest BCUT2D eigenvalue weighted by Gasteiger charge is 2.38. The molecular formula is C27H32N2O3. The summed E-state index contributed by atoms with van der Waals surface area (Å²) in [5, 5.41) is 3.05. The zero-order valence-corrected chi connectivity index (χ0v) is 19.0. The Morgan fingerprint density at radius 1 is 1.06 bits per heavy atom. The van der Waals surface area contributed by atoms with Crippen LogP contribution in [0, 0.1) is 12.8 Å². The molecule has 0 atom stereocenters. The summed E-state index contributed by atoms with van der Waals surface area (Å²) in [7, 11) is 1.64. The average molecular weight is 433 g/mol. The maximum absolute atomic E-state index is 13.2. The van der Waals surface area contributed by atoms with Crippen LogP contribution < -0.4 is 10.1 Å². The third kappa shape index (κ3) is 3.78. The zero-order valence-electron chi connectivity index (χ0n) is 19.0. The summed E-state index contributed by atoms with van der Waals surface area (Å²) < 4.78 is 5.37. The molecule has 0 saturated heterocycles. The molecule has 2 saturated carbocycles. The molecule has 3 aliphatic rings. The Balaban J connectivity index is 1.20. The molecule has 0 aromatic heterocycles. The van der Waals surface area contributed by atoms with Crippen LogP contribution in [0.2, 0.25) is 0 Å². The van der Waals surface area contributed by atoms with E-state index in [1.807, 2.05) is 31.2 Å². The molecule has 0 radical (unpaired) electrons. The monoisotopic (exact) mass is 432 g/mol. The SMILES string of the molecule is COc1cc(NC(=O)C2CCC(N3Cc4c(cccc4C4CCC4)C3=O)CC2)ccc1C. The highest BCUT2D eigenvalue weighted by atomic mass is 16.5. The van der Waals surface area contributed by atoms with Crippen LogP contribution in [-0.4, -0.2) is 29.9 Å². The van der Waals surface area contributed by atoms with Gasteiger partial charge in [0.25, 0.3) is 5.91 Å². The van der Waals surface area contributed by atoms with Crippen molar-refractivity contribution in [3.63, 3.8) is 0 Å². The molecule has 1 N–H and O–H groups in total. The lowest BCUT2D eigenvalue weighted by Gasteiger charge is -2.34. The van der Waals surface area contributed by atoms with Crippen LogP contribution in [0.4, 0.5) is 5.69 Å². The second-order valence-electron chi connectivity index (χ2n) is 9.61. The van der Waals surface area contributed by atoms with E-state index in [4.69, 9.17) is 4.74 Å². The number of rotatable bonds is 5. The van der Waals surface area contributed by atoms with E-state index in [1.165, 1.54) is 30.4 Å². The lowest BCUT2D eigenvalue weighted by Crippen LogP contribution is -2.40. The number of carbonyl (C=O) groups is 2. The minimum Gasteiger partial charge on any atom is -0.496 e. The van der Waals surface area contributed by atoms with Gasteiger partial charge in [-0.2, -0.15) is 0 Å². The van der Waals surface area contributed by atoms with Crippen LogP contribution in [0.15, 0.2) is 36.4 Å². The second-order valence-corrected chi connectivity index (χ2v) is 9.61. The summed E-state index contributed by atoms with van der Waals surface area (Å²) in [5.74, 6) is 1.65. The number of nitrogens with one attached hydrogen (secondary N) is 1. The van der Waals surface area contributed by atoms with Gasteiger partial charge in [-0.15, -0.1) is 0 Å². The van der Waals surface area contributed by atoms with Gasteiger partial charge in [-0.05, 0) is 80.2 Å². The Morgan fingerprint density at radius 2 is 1.84 bits per heavy atom. The lowest BCUT2D eigenvalue weighted by atomic mass is 9.77. The van der Waals surface area contributed by atoms with Crippen molar-refractivity contribution in [3.8, 4) is 5.75 Å². The number of hydrogen-bond donors (Lipinski definition) is 1. The van der Waals surface area contributed by atoms with E-state index >= 15 is 0 Å². The number of benzene rings is 2. The summed E-state index contributed by atoms with van der Waals surface area (Å²) in [6.45, 7) is 2.73. The fourth-order valence-electron chi connectivity index (χ4n) is 5.57. The van der Waals surface area contributed by atoms with Crippen molar-refractivity contribution in [1.29, 1.82) is 0 Å². The van der Waals surface area contributed by atoms with Gasteiger partial charge in [0, 0.05) is 35.8 Å². The van der Waals surface area contributed by atoms with Crippen LogP contribution in [0.1, 0.15) is 77.9 Å². The molecule has 0 spiro atoms. The van der Waals surface area contributed by atoms with Crippen molar-refractivity contribution in [2.24, 2.45) is 5.92 Å². The highest BCUT2D eigenvalue weighted by Crippen LogP contribution is 2.42. The Hall–Kier alpha value is -2.82. The normalized spacial score (nSPS) is 22.9. The standard InChI is InChI=1S/C27H32N2O3/c1-17-9-12-20(15-25(17)32-2)28-26(30)19-10-13-21(14-11-19)29-16-24-22(18-5-3-6-18)7-4-8-23(24)27(29)31/h4,7-9,12,15,18-19,21H,3,5-6,10-11,13-14,16H2,1-2H3,(H,28,30). The molecule has 5 heteroatoms. The van der Waals surface area contributed by atoms with Gasteiger partial charge in [0.2, 0.25) is 5.91 Å². The van der Waals surface area contributed by atoms with Crippen molar-refractivity contribution >= 4 is 17.5 Å². The molecule has 1 aliphatic heterocycles. The van der Waals surface area contributed by atoms with Gasteiger partial charge >= 0.3 is 0 Å². The maximum atomic E-state index is 13.2. The van der Waals surface area contributed by atoms with Crippen molar-refractivity contribution in [2.75, 3.05) is 12.4 Å². The van der Waals surface area contributed by atoms with Crippen molar-refractivity contribution in [1.82, 2.24) is 4.90 Å². The van der Waals surface area contributed by atoms with E-state index in [2.05, 4.69) is 22.3 Å². The number of methoxy groups -OCH3 is 1. The van der Waals surface area contributed by atoms with E-state index in [0.29, 0.717) is 5.92 Å². The molecule has 2 aromatic rings. The topological polar surface area (TPSA) is 58.6 Å². The molecule has 0 unspecified atom stereocenters.